The summed E-state index contributed by atoms with van der Waals surface area (Å²) in [5.41, 5.74) is 0. The number of carbonyl (C=O) groups is 1. The Kier molecular flexibility index (Phi) is 5.17. The Hall–Kier alpha value is 0.300. The number of amides is 1. The quantitative estimate of drug-likeness (QED) is 0.714. The van der Waals surface area contributed by atoms with Gasteiger partial charge in [-0.05, 0) is 25.5 Å². The molecule has 0 aromatic carbocycles. The van der Waals surface area contributed by atoms with Crippen LogP contribution in [0.15, 0.2) is 0 Å². The average Bonchev–Trinajstić information content (AvgIpc) is 2.30. The molecule has 1 saturated heterocycles. The molecule has 4 heteroatoms. The Balaban J connectivity index is 2.37. The van der Waals surface area contributed by atoms with Crippen molar-refractivity contribution in [2.45, 2.75) is 24.1 Å². The minimum Gasteiger partial charge on any atom is -0.342 e. The van der Waals surface area contributed by atoms with Crippen LogP contribution in [0.2, 0.25) is 0 Å². The summed E-state index contributed by atoms with van der Waals surface area (Å²) in [6.07, 6.45) is 5.40. The summed E-state index contributed by atoms with van der Waals surface area (Å²) in [7, 11) is 0. The van der Waals surface area contributed by atoms with Crippen molar-refractivity contribution in [1.82, 2.24) is 4.90 Å². The highest BCUT2D eigenvalue weighted by atomic mass is 79.9. The van der Waals surface area contributed by atoms with Crippen LogP contribution in [-0.4, -0.2) is 40.7 Å². The lowest BCUT2D eigenvalue weighted by atomic mass is 10.2. The number of alkyl halides is 1. The first-order valence-electron chi connectivity index (χ1n) is 4.65. The van der Waals surface area contributed by atoms with Crippen LogP contribution in [0.3, 0.4) is 0 Å². The van der Waals surface area contributed by atoms with E-state index in [0.29, 0.717) is 16.5 Å². The maximum Gasteiger partial charge on any atom is 0.232 e. The van der Waals surface area contributed by atoms with E-state index in [2.05, 4.69) is 15.9 Å². The van der Waals surface area contributed by atoms with Gasteiger partial charge in [-0.15, -0.1) is 0 Å². The molecule has 1 aliphatic rings. The molecule has 0 aliphatic carbocycles. The van der Waals surface area contributed by atoms with Gasteiger partial charge in [0.25, 0.3) is 0 Å². The molecule has 1 amide bonds. The molecule has 0 radical (unpaired) electrons. The van der Waals surface area contributed by atoms with Crippen LogP contribution < -0.4 is 0 Å². The highest BCUT2D eigenvalue weighted by molar-refractivity contribution is 9.09. The lowest BCUT2D eigenvalue weighted by Gasteiger charge is -2.19. The zero-order valence-corrected chi connectivity index (χ0v) is 10.4. The van der Waals surface area contributed by atoms with Crippen LogP contribution in [0.5, 0.6) is 0 Å². The lowest BCUT2D eigenvalue weighted by Crippen LogP contribution is -2.33. The van der Waals surface area contributed by atoms with Crippen molar-refractivity contribution in [3.63, 3.8) is 0 Å². The van der Waals surface area contributed by atoms with Gasteiger partial charge >= 0.3 is 0 Å². The van der Waals surface area contributed by atoms with Gasteiger partial charge in [0.05, 0.1) is 5.75 Å². The maximum absolute atomic E-state index is 11.5. The fraction of sp³-hybridized carbons (Fsp3) is 0.889. The van der Waals surface area contributed by atoms with Gasteiger partial charge < -0.3 is 4.90 Å². The molecule has 1 rings (SSSR count). The summed E-state index contributed by atoms with van der Waals surface area (Å²) < 4.78 is 0. The molecule has 1 heterocycles. The van der Waals surface area contributed by atoms with Crippen LogP contribution in [0, 0.1) is 0 Å². The fourth-order valence-electron chi connectivity index (χ4n) is 1.52. The summed E-state index contributed by atoms with van der Waals surface area (Å²) >= 11 is 5.22. The van der Waals surface area contributed by atoms with Crippen molar-refractivity contribution < 1.29 is 4.79 Å². The number of nitrogens with zero attached hydrogens (tertiary/aromatic N) is 1. The second-order valence-corrected chi connectivity index (χ2v) is 5.50. The van der Waals surface area contributed by atoms with Gasteiger partial charge in [0.15, 0.2) is 0 Å². The van der Waals surface area contributed by atoms with E-state index in [4.69, 9.17) is 0 Å². The molecular weight excluding hydrogens is 250 g/mol. The molecule has 2 nitrogen and oxygen atoms in total. The minimum absolute atomic E-state index is 0.300. The molecule has 0 bridgehead atoms. The van der Waals surface area contributed by atoms with E-state index in [0.717, 1.165) is 25.9 Å². The van der Waals surface area contributed by atoms with Crippen LogP contribution >= 0.6 is 27.7 Å². The van der Waals surface area contributed by atoms with Gasteiger partial charge in [-0.2, -0.15) is 11.8 Å². The Morgan fingerprint density at radius 2 is 2.31 bits per heavy atom. The maximum atomic E-state index is 11.5. The molecule has 0 aromatic heterocycles. The third kappa shape index (κ3) is 3.90. The first kappa shape index (κ1) is 11.4. The molecule has 13 heavy (non-hydrogen) atoms. The third-order valence-electron chi connectivity index (χ3n) is 2.28. The van der Waals surface area contributed by atoms with Crippen LogP contribution in [0.25, 0.3) is 0 Å². The highest BCUT2D eigenvalue weighted by Crippen LogP contribution is 2.18. The predicted molar refractivity (Wildman–Crippen MR) is 61.5 cm³/mol. The number of hydrogen-bond donors (Lipinski definition) is 0. The molecule has 1 atom stereocenters. The lowest BCUT2D eigenvalue weighted by molar-refractivity contribution is -0.128. The molecule has 1 fully saturated rings. The van der Waals surface area contributed by atoms with Gasteiger partial charge in [-0.3, -0.25) is 4.79 Å². The van der Waals surface area contributed by atoms with Crippen molar-refractivity contribution in [2.75, 3.05) is 25.1 Å². The molecular formula is C9H16BrNOS. The van der Waals surface area contributed by atoms with Gasteiger partial charge in [0, 0.05) is 17.9 Å². The summed E-state index contributed by atoms with van der Waals surface area (Å²) in [4.78, 5) is 14.2. The van der Waals surface area contributed by atoms with Crippen molar-refractivity contribution in [3.05, 3.63) is 0 Å². The molecule has 1 aliphatic heterocycles. The van der Waals surface area contributed by atoms with Gasteiger partial charge in [0.2, 0.25) is 5.91 Å². The van der Waals surface area contributed by atoms with Crippen molar-refractivity contribution in [1.29, 1.82) is 0 Å². The molecule has 0 aromatic rings. The summed E-state index contributed by atoms with van der Waals surface area (Å²) in [5, 5.41) is 0. The smallest absolute Gasteiger partial charge is 0.232 e. The number of rotatable bonds is 2. The van der Waals surface area contributed by atoms with Crippen molar-refractivity contribution >= 4 is 33.6 Å². The largest absolute Gasteiger partial charge is 0.342 e. The number of hydrogen-bond acceptors (Lipinski definition) is 2. The molecule has 0 N–H and O–H groups in total. The molecule has 0 spiro atoms. The number of halogens is 1. The highest BCUT2D eigenvalue weighted by Gasteiger charge is 2.18. The zero-order valence-electron chi connectivity index (χ0n) is 7.96. The van der Waals surface area contributed by atoms with Crippen LogP contribution in [0.1, 0.15) is 19.3 Å². The Bertz CT molecular complexity index is 177. The van der Waals surface area contributed by atoms with Crippen LogP contribution in [-0.2, 0) is 4.79 Å². The zero-order chi connectivity index (χ0) is 9.68. The first-order valence-corrected chi connectivity index (χ1v) is 6.95. The Morgan fingerprint density at radius 3 is 3.00 bits per heavy atom. The second-order valence-electron chi connectivity index (χ2n) is 3.34. The fourth-order valence-corrected chi connectivity index (χ4v) is 2.48. The van der Waals surface area contributed by atoms with Crippen LogP contribution in [0.4, 0.5) is 0 Å². The summed E-state index contributed by atoms with van der Waals surface area (Å²) in [5.74, 6) is 0.932. The van der Waals surface area contributed by atoms with E-state index in [1.54, 1.807) is 11.8 Å². The van der Waals surface area contributed by atoms with Crippen molar-refractivity contribution in [3.8, 4) is 0 Å². The van der Waals surface area contributed by atoms with E-state index in [-0.39, 0.29) is 0 Å². The Labute approximate surface area is 92.6 Å². The van der Waals surface area contributed by atoms with E-state index in [9.17, 15) is 4.79 Å². The van der Waals surface area contributed by atoms with Gasteiger partial charge in [-0.1, -0.05) is 15.9 Å². The number of carbonyl (C=O) groups excluding carboxylic acids is 1. The predicted octanol–water partition coefficient (Wildman–Crippen LogP) is 2.13. The number of likely N-dealkylation sites (tertiary alicyclic amines) is 1. The summed E-state index contributed by atoms with van der Waals surface area (Å²) in [6, 6.07) is 0. The standard InChI is InChI=1S/C9H16BrNOS/c1-13-7-9(12)11-5-2-3-8(10)4-6-11/h8H,2-7H2,1H3. The van der Waals surface area contributed by atoms with E-state index < -0.39 is 0 Å². The van der Waals surface area contributed by atoms with E-state index in [1.807, 2.05) is 11.2 Å². The second kappa shape index (κ2) is 5.91. The molecule has 76 valence electrons. The van der Waals surface area contributed by atoms with E-state index in [1.165, 1.54) is 6.42 Å². The summed E-state index contributed by atoms with van der Waals surface area (Å²) in [6.45, 7) is 1.87. The third-order valence-corrected chi connectivity index (χ3v) is 3.73. The van der Waals surface area contributed by atoms with E-state index >= 15 is 0 Å². The average molecular weight is 266 g/mol. The van der Waals surface area contributed by atoms with Crippen molar-refractivity contribution in [2.24, 2.45) is 0 Å². The van der Waals surface area contributed by atoms with Gasteiger partial charge in [-0.25, -0.2) is 0 Å². The monoisotopic (exact) mass is 265 g/mol. The number of thioether (sulfide) groups is 1. The Morgan fingerprint density at radius 1 is 1.54 bits per heavy atom. The normalized spacial score (nSPS) is 24.2. The minimum atomic E-state index is 0.300. The topological polar surface area (TPSA) is 20.3 Å². The molecule has 1 unspecified atom stereocenters. The van der Waals surface area contributed by atoms with Gasteiger partial charge in [0.1, 0.15) is 0 Å². The first-order chi connectivity index (χ1) is 6.24. The molecule has 0 saturated carbocycles. The SMILES string of the molecule is CSCC(=O)N1CCCC(Br)CC1.